The predicted molar refractivity (Wildman–Crippen MR) is 159 cm³/mol. The lowest BCUT2D eigenvalue weighted by molar-refractivity contribution is 0.0963. The lowest BCUT2D eigenvalue weighted by atomic mass is 9.78. The van der Waals surface area contributed by atoms with Crippen LogP contribution in [0.2, 0.25) is 0 Å². The standard InChI is InChI=1S/C30H41N3O4.BrH/c1-8-9-19-16-33(27(31)25(19)18-10-12-21(13-11-18)32-28(36)37)17-24(34)20-14-22(29(2,3)4)26(35)23(15-20)30(5,6)7;/h10-15,19,25,31-32,35H,8-9,16-17H2,1-7H3,(H,36,37);1H/t19-,25+;/m0./s1. The Labute approximate surface area is 236 Å². The highest BCUT2D eigenvalue weighted by atomic mass is 79.9. The molecule has 2 aromatic carbocycles. The van der Waals surface area contributed by atoms with Gasteiger partial charge in [-0.05, 0) is 53.0 Å². The van der Waals surface area contributed by atoms with E-state index in [2.05, 4.69) is 12.2 Å². The molecule has 4 N–H and O–H groups in total. The van der Waals surface area contributed by atoms with Crippen LogP contribution in [0.4, 0.5) is 10.5 Å². The summed E-state index contributed by atoms with van der Waals surface area (Å²) >= 11 is 0. The van der Waals surface area contributed by atoms with Crippen LogP contribution in [0, 0.1) is 11.3 Å². The Morgan fingerprint density at radius 3 is 2.00 bits per heavy atom. The van der Waals surface area contributed by atoms with Gasteiger partial charge in [0, 0.05) is 34.8 Å². The number of amides is 1. The van der Waals surface area contributed by atoms with Gasteiger partial charge in [-0.2, -0.15) is 0 Å². The lowest BCUT2D eigenvalue weighted by Crippen LogP contribution is -2.32. The molecular weight excluding hydrogens is 546 g/mol. The first-order chi connectivity index (χ1) is 17.1. The van der Waals surface area contributed by atoms with Crippen LogP contribution >= 0.6 is 17.0 Å². The quantitative estimate of drug-likeness (QED) is 0.253. The van der Waals surface area contributed by atoms with Gasteiger partial charge in [0.15, 0.2) is 5.78 Å². The van der Waals surface area contributed by atoms with Gasteiger partial charge >= 0.3 is 6.09 Å². The highest BCUT2D eigenvalue weighted by molar-refractivity contribution is 8.93. The SMILES string of the molecule is Br.CCC[C@H]1CN(CC(=O)c2cc(C(C)(C)C)c(O)c(C(C)(C)C)c2)C(=N)[C@@H]1c1ccc(NC(=O)O)cc1. The van der Waals surface area contributed by atoms with E-state index in [1.54, 1.807) is 12.1 Å². The second-order valence-corrected chi connectivity index (χ2v) is 12.2. The molecule has 1 saturated heterocycles. The molecule has 7 nitrogen and oxygen atoms in total. The third kappa shape index (κ3) is 6.95. The zero-order valence-electron chi connectivity index (χ0n) is 23.5. The zero-order valence-corrected chi connectivity index (χ0v) is 25.2. The summed E-state index contributed by atoms with van der Waals surface area (Å²) < 4.78 is 0. The molecule has 0 aromatic heterocycles. The maximum Gasteiger partial charge on any atom is 0.409 e. The molecule has 1 fully saturated rings. The summed E-state index contributed by atoms with van der Waals surface area (Å²) in [6.07, 6.45) is 0.777. The number of nitrogens with zero attached hydrogens (tertiary/aromatic N) is 1. The topological polar surface area (TPSA) is 114 Å². The van der Waals surface area contributed by atoms with Crippen molar-refractivity contribution in [1.82, 2.24) is 4.90 Å². The molecule has 2 aromatic rings. The van der Waals surface area contributed by atoms with Crippen LogP contribution in [0.5, 0.6) is 5.75 Å². The maximum atomic E-state index is 13.6. The van der Waals surface area contributed by atoms with Crippen LogP contribution in [0.3, 0.4) is 0 Å². The van der Waals surface area contributed by atoms with E-state index < -0.39 is 6.09 Å². The van der Waals surface area contributed by atoms with Gasteiger partial charge in [-0.1, -0.05) is 67.0 Å². The van der Waals surface area contributed by atoms with Crippen molar-refractivity contribution in [3.05, 3.63) is 58.7 Å². The number of anilines is 1. The molecule has 1 aliphatic heterocycles. The van der Waals surface area contributed by atoms with Crippen molar-refractivity contribution in [1.29, 1.82) is 5.41 Å². The summed E-state index contributed by atoms with van der Waals surface area (Å²) in [6, 6.07) is 10.8. The van der Waals surface area contributed by atoms with Crippen LogP contribution < -0.4 is 5.32 Å². The van der Waals surface area contributed by atoms with Gasteiger partial charge in [0.25, 0.3) is 0 Å². The van der Waals surface area contributed by atoms with Gasteiger partial charge in [0.1, 0.15) is 11.6 Å². The molecule has 0 unspecified atom stereocenters. The number of carboxylic acid groups (broad SMARTS) is 1. The van der Waals surface area contributed by atoms with Crippen LogP contribution in [0.25, 0.3) is 0 Å². The number of ketones is 1. The number of amidine groups is 1. The second kappa shape index (κ2) is 11.9. The number of likely N-dealkylation sites (tertiary alicyclic amines) is 1. The molecule has 0 radical (unpaired) electrons. The number of phenolic OH excluding ortho intramolecular Hbond substituents is 1. The van der Waals surface area contributed by atoms with Gasteiger partial charge in [-0.25, -0.2) is 4.79 Å². The summed E-state index contributed by atoms with van der Waals surface area (Å²) in [5.74, 6) is 0.629. The third-order valence-corrected chi connectivity index (χ3v) is 7.12. The second-order valence-electron chi connectivity index (χ2n) is 12.2. The Hall–Kier alpha value is -2.87. The first-order valence-corrected chi connectivity index (χ1v) is 13.0. The Morgan fingerprint density at radius 1 is 1.03 bits per heavy atom. The highest BCUT2D eigenvalue weighted by Gasteiger charge is 2.39. The maximum absolute atomic E-state index is 13.6. The first-order valence-electron chi connectivity index (χ1n) is 13.0. The van der Waals surface area contributed by atoms with E-state index in [-0.39, 0.29) is 57.7 Å². The van der Waals surface area contributed by atoms with Gasteiger partial charge in [0.05, 0.1) is 6.54 Å². The minimum atomic E-state index is -1.12. The number of carbonyl (C=O) groups excluding carboxylic acids is 1. The average Bonchev–Trinajstić information content (AvgIpc) is 3.07. The molecule has 0 bridgehead atoms. The molecule has 8 heteroatoms. The summed E-state index contributed by atoms with van der Waals surface area (Å²) in [5, 5.41) is 31.3. The van der Waals surface area contributed by atoms with Crippen molar-refractivity contribution >= 4 is 40.4 Å². The molecule has 1 heterocycles. The lowest BCUT2D eigenvalue weighted by Gasteiger charge is -2.28. The number of Topliss-reactive ketones (excluding diaryl/α,β-unsaturated/α-hetero) is 1. The minimum absolute atomic E-state index is 0. The molecule has 3 rings (SSSR count). The zero-order chi connectivity index (χ0) is 27.7. The van der Waals surface area contributed by atoms with Gasteiger partial charge < -0.3 is 15.1 Å². The number of hydrogen-bond donors (Lipinski definition) is 4. The van der Waals surface area contributed by atoms with Crippen LogP contribution in [0.15, 0.2) is 36.4 Å². The number of aromatic hydroxyl groups is 1. The third-order valence-electron chi connectivity index (χ3n) is 7.12. The normalized spacial score (nSPS) is 17.8. The van der Waals surface area contributed by atoms with Gasteiger partial charge in [-0.15, -0.1) is 17.0 Å². The molecule has 0 spiro atoms. The molecule has 2 atom stereocenters. The summed E-state index contributed by atoms with van der Waals surface area (Å²) in [7, 11) is 0. The molecule has 1 aliphatic rings. The molecular formula is C30H42BrN3O4. The summed E-state index contributed by atoms with van der Waals surface area (Å²) in [6.45, 7) is 15.0. The fourth-order valence-corrected chi connectivity index (χ4v) is 5.22. The number of rotatable bonds is 7. The number of benzene rings is 2. The van der Waals surface area contributed by atoms with E-state index in [9.17, 15) is 14.7 Å². The van der Waals surface area contributed by atoms with Crippen molar-refractivity contribution < 1.29 is 19.8 Å². The monoisotopic (exact) mass is 587 g/mol. The summed E-state index contributed by atoms with van der Waals surface area (Å²) in [4.78, 5) is 26.4. The van der Waals surface area contributed by atoms with Crippen molar-refractivity contribution in [2.75, 3.05) is 18.4 Å². The van der Waals surface area contributed by atoms with Crippen LogP contribution in [-0.2, 0) is 10.8 Å². The minimum Gasteiger partial charge on any atom is -0.507 e. The Kier molecular flexibility index (Phi) is 9.81. The fourth-order valence-electron chi connectivity index (χ4n) is 5.22. The Morgan fingerprint density at radius 2 is 1.55 bits per heavy atom. The van der Waals surface area contributed by atoms with Crippen LogP contribution in [0.1, 0.15) is 94.3 Å². The van der Waals surface area contributed by atoms with E-state index in [0.29, 0.717) is 23.6 Å². The van der Waals surface area contributed by atoms with Crippen molar-refractivity contribution in [2.24, 2.45) is 5.92 Å². The summed E-state index contributed by atoms with van der Waals surface area (Å²) in [5.41, 5.74) is 2.81. The van der Waals surface area contributed by atoms with E-state index in [1.807, 2.05) is 70.7 Å². The van der Waals surface area contributed by atoms with Gasteiger partial charge in [0.2, 0.25) is 0 Å². The fraction of sp³-hybridized carbons (Fsp3) is 0.500. The molecule has 1 amide bonds. The van der Waals surface area contributed by atoms with E-state index in [0.717, 1.165) is 29.5 Å². The Bertz CT molecular complexity index is 1140. The number of halogens is 1. The van der Waals surface area contributed by atoms with E-state index >= 15 is 0 Å². The van der Waals surface area contributed by atoms with Crippen molar-refractivity contribution in [3.63, 3.8) is 0 Å². The molecule has 0 saturated carbocycles. The molecule has 208 valence electrons. The highest BCUT2D eigenvalue weighted by Crippen LogP contribution is 2.41. The van der Waals surface area contributed by atoms with Crippen LogP contribution in [-0.4, -0.2) is 45.9 Å². The number of nitrogens with one attached hydrogen (secondary N) is 2. The largest absolute Gasteiger partial charge is 0.507 e. The predicted octanol–water partition coefficient (Wildman–Crippen LogP) is 7.33. The smallest absolute Gasteiger partial charge is 0.409 e. The Balaban J connectivity index is 0.00000507. The molecule has 0 aliphatic carbocycles. The number of phenols is 1. The van der Waals surface area contributed by atoms with E-state index in [1.165, 1.54) is 0 Å². The number of hydrogen-bond acceptors (Lipinski definition) is 4. The van der Waals surface area contributed by atoms with Gasteiger partial charge in [-0.3, -0.25) is 15.5 Å². The molecule has 38 heavy (non-hydrogen) atoms. The van der Waals surface area contributed by atoms with E-state index in [4.69, 9.17) is 10.5 Å². The van der Waals surface area contributed by atoms with Crippen molar-refractivity contribution in [2.45, 2.75) is 78.1 Å². The van der Waals surface area contributed by atoms with Crippen molar-refractivity contribution in [3.8, 4) is 5.75 Å². The average molecular weight is 589 g/mol. The number of carbonyl (C=O) groups is 2. The first kappa shape index (κ1) is 31.3.